The molecule has 20 heavy (non-hydrogen) atoms. The lowest BCUT2D eigenvalue weighted by atomic mass is 10.1. The molecule has 1 aromatic carbocycles. The maximum atomic E-state index is 11.6. The smallest absolute Gasteiger partial charge is 0.407 e. The molecule has 3 nitrogen and oxygen atoms in total. The Kier molecular flexibility index (Phi) is 6.69. The van der Waals surface area contributed by atoms with Crippen molar-refractivity contribution in [3.8, 4) is 11.2 Å². The number of nitrogens with one attached hydrogen (secondary N) is 1. The number of hydrogen-bond donors (Lipinski definition) is 1. The number of benzene rings is 1. The Morgan fingerprint density at radius 2 is 2.15 bits per heavy atom. The van der Waals surface area contributed by atoms with Crippen molar-refractivity contribution in [1.29, 1.82) is 0 Å². The van der Waals surface area contributed by atoms with E-state index in [1.54, 1.807) is 0 Å². The van der Waals surface area contributed by atoms with E-state index in [9.17, 15) is 4.79 Å². The lowest BCUT2D eigenvalue weighted by Gasteiger charge is -2.20. The van der Waals surface area contributed by atoms with E-state index >= 15 is 0 Å². The molecule has 0 aliphatic rings. The molecule has 5 heteroatoms. The Morgan fingerprint density at radius 3 is 2.70 bits per heavy atom. The maximum absolute atomic E-state index is 11.6. The fourth-order valence-corrected chi connectivity index (χ4v) is 2.02. The molecule has 0 aromatic heterocycles. The van der Waals surface area contributed by atoms with E-state index < -0.39 is 11.7 Å². The van der Waals surface area contributed by atoms with Gasteiger partial charge in [0.25, 0.3) is 0 Å². The summed E-state index contributed by atoms with van der Waals surface area (Å²) in [5.41, 5.74) is 2.66. The van der Waals surface area contributed by atoms with E-state index in [4.69, 9.17) is 4.74 Å². The quantitative estimate of drug-likeness (QED) is 0.587. The zero-order valence-corrected chi connectivity index (χ0v) is 15.0. The van der Waals surface area contributed by atoms with Gasteiger partial charge in [0.2, 0.25) is 0 Å². The zero-order valence-electron chi connectivity index (χ0n) is 12.0. The van der Waals surface area contributed by atoms with Gasteiger partial charge in [-0.15, -0.1) is 0 Å². The van der Waals surface area contributed by atoms with Gasteiger partial charge >= 0.3 is 6.09 Å². The van der Waals surface area contributed by atoms with E-state index in [-0.39, 0.29) is 0 Å². The summed E-state index contributed by atoms with van der Waals surface area (Å²) in [6, 6.07) is 5.96. The van der Waals surface area contributed by atoms with Gasteiger partial charge in [-0.1, -0.05) is 12.0 Å². The van der Waals surface area contributed by atoms with E-state index in [0.717, 1.165) is 16.7 Å². The molecular formula is C15H18INO2S. The SMILES string of the molecule is Cc1cc(C#CSI)ccc1CNC(=O)OC(C)(C)C. The minimum atomic E-state index is -0.477. The van der Waals surface area contributed by atoms with Gasteiger partial charge in [0.15, 0.2) is 0 Å². The van der Waals surface area contributed by atoms with Crippen LogP contribution in [-0.4, -0.2) is 11.7 Å². The molecule has 0 fully saturated rings. The Hall–Kier alpha value is -0.870. The van der Waals surface area contributed by atoms with Crippen LogP contribution in [0.15, 0.2) is 18.2 Å². The monoisotopic (exact) mass is 403 g/mol. The third kappa shape index (κ3) is 6.53. The molecule has 0 unspecified atom stereocenters. The third-order valence-electron chi connectivity index (χ3n) is 2.40. The average Bonchev–Trinajstić information content (AvgIpc) is 2.33. The summed E-state index contributed by atoms with van der Waals surface area (Å²) in [6.07, 6.45) is -0.401. The molecule has 0 aliphatic carbocycles. The highest BCUT2D eigenvalue weighted by Gasteiger charge is 2.15. The second-order valence-corrected chi connectivity index (χ2v) is 6.98. The molecule has 0 spiro atoms. The molecule has 0 saturated heterocycles. The standard InChI is InChI=1S/C15H18INO2S/c1-11-9-12(7-8-20-16)5-6-13(11)10-17-14(18)19-15(2,3)4/h5-6,9H,10H2,1-4H3,(H,17,18). The van der Waals surface area contributed by atoms with Crippen molar-refractivity contribution < 1.29 is 9.53 Å². The zero-order chi connectivity index (χ0) is 15.2. The molecule has 1 aromatic rings. The van der Waals surface area contributed by atoms with Crippen LogP contribution in [0.25, 0.3) is 0 Å². The van der Waals surface area contributed by atoms with Crippen LogP contribution in [0, 0.1) is 18.1 Å². The average molecular weight is 403 g/mol. The number of carbonyl (C=O) groups is 1. The topological polar surface area (TPSA) is 38.3 Å². The molecule has 0 saturated carbocycles. The highest BCUT2D eigenvalue weighted by Crippen LogP contribution is 2.13. The Morgan fingerprint density at radius 1 is 1.45 bits per heavy atom. The van der Waals surface area contributed by atoms with Crippen LogP contribution in [-0.2, 0) is 11.3 Å². The fraction of sp³-hybridized carbons (Fsp3) is 0.400. The predicted octanol–water partition coefficient (Wildman–Crippen LogP) is 4.41. The predicted molar refractivity (Wildman–Crippen MR) is 92.7 cm³/mol. The number of rotatable bonds is 2. The van der Waals surface area contributed by atoms with Gasteiger partial charge in [0.1, 0.15) is 5.60 Å². The molecule has 0 heterocycles. The van der Waals surface area contributed by atoms with Gasteiger partial charge in [-0.3, -0.25) is 0 Å². The summed E-state index contributed by atoms with van der Waals surface area (Å²) in [6.45, 7) is 7.99. The number of ether oxygens (including phenoxy) is 1. The van der Waals surface area contributed by atoms with Crippen molar-refractivity contribution in [2.75, 3.05) is 0 Å². The Balaban J connectivity index is 2.63. The molecular weight excluding hydrogens is 385 g/mol. The van der Waals surface area contributed by atoms with Gasteiger partial charge in [-0.25, -0.2) is 4.79 Å². The van der Waals surface area contributed by atoms with Crippen LogP contribution >= 0.6 is 30.1 Å². The number of aryl methyl sites for hydroxylation is 1. The van der Waals surface area contributed by atoms with Gasteiger partial charge in [-0.05, 0) is 65.1 Å². The number of amides is 1. The van der Waals surface area contributed by atoms with Crippen LogP contribution in [0.1, 0.15) is 37.5 Å². The Labute approximate surface area is 136 Å². The van der Waals surface area contributed by atoms with Crippen molar-refractivity contribution in [3.63, 3.8) is 0 Å². The first kappa shape index (κ1) is 17.2. The number of alkyl carbamates (subject to hydrolysis) is 1. The summed E-state index contributed by atoms with van der Waals surface area (Å²) in [4.78, 5) is 11.6. The maximum Gasteiger partial charge on any atom is 0.407 e. The van der Waals surface area contributed by atoms with Crippen LogP contribution in [0.5, 0.6) is 0 Å². The van der Waals surface area contributed by atoms with E-state index in [0.29, 0.717) is 6.54 Å². The van der Waals surface area contributed by atoms with Crippen molar-refractivity contribution in [2.45, 2.75) is 39.8 Å². The third-order valence-corrected chi connectivity index (χ3v) is 3.24. The summed E-state index contributed by atoms with van der Waals surface area (Å²) in [5, 5.41) is 5.71. The molecule has 1 amide bonds. The molecule has 0 atom stereocenters. The lowest BCUT2D eigenvalue weighted by Crippen LogP contribution is -2.32. The summed E-state index contributed by atoms with van der Waals surface area (Å²) in [7, 11) is 1.46. The van der Waals surface area contributed by atoms with Crippen molar-refractivity contribution >= 4 is 36.2 Å². The van der Waals surface area contributed by atoms with Gasteiger partial charge in [0, 0.05) is 33.3 Å². The van der Waals surface area contributed by atoms with Crippen molar-refractivity contribution in [1.82, 2.24) is 5.32 Å². The number of halogens is 1. The van der Waals surface area contributed by atoms with Crippen LogP contribution in [0.3, 0.4) is 0 Å². The van der Waals surface area contributed by atoms with Crippen LogP contribution in [0.4, 0.5) is 4.79 Å². The number of carbonyl (C=O) groups excluding carboxylic acids is 1. The molecule has 1 rings (SSSR count). The minimum absolute atomic E-state index is 0.401. The second-order valence-electron chi connectivity index (χ2n) is 5.30. The van der Waals surface area contributed by atoms with Gasteiger partial charge in [-0.2, -0.15) is 0 Å². The van der Waals surface area contributed by atoms with Crippen molar-refractivity contribution in [3.05, 3.63) is 34.9 Å². The first-order chi connectivity index (χ1) is 9.31. The highest BCUT2D eigenvalue weighted by atomic mass is 127. The Bertz CT molecular complexity index is 541. The number of hydrogen-bond acceptors (Lipinski definition) is 3. The molecule has 1 N–H and O–H groups in total. The first-order valence-corrected chi connectivity index (χ1v) is 9.53. The first-order valence-electron chi connectivity index (χ1n) is 6.17. The van der Waals surface area contributed by atoms with E-state index in [1.807, 2.05) is 45.9 Å². The second kappa shape index (κ2) is 7.79. The van der Waals surface area contributed by atoms with Crippen molar-refractivity contribution in [2.24, 2.45) is 0 Å². The van der Waals surface area contributed by atoms with Crippen LogP contribution in [0.2, 0.25) is 0 Å². The van der Waals surface area contributed by atoms with Crippen LogP contribution < -0.4 is 5.32 Å². The normalized spacial score (nSPS) is 10.4. The molecule has 0 aliphatic heterocycles. The minimum Gasteiger partial charge on any atom is -0.444 e. The molecule has 0 radical (unpaired) electrons. The van der Waals surface area contributed by atoms with E-state index in [1.165, 1.54) is 8.93 Å². The fourth-order valence-electron chi connectivity index (χ4n) is 1.53. The largest absolute Gasteiger partial charge is 0.444 e. The summed E-state index contributed by atoms with van der Waals surface area (Å²) < 4.78 is 5.20. The van der Waals surface area contributed by atoms with Gasteiger partial charge < -0.3 is 10.1 Å². The van der Waals surface area contributed by atoms with E-state index in [2.05, 4.69) is 37.7 Å². The molecule has 108 valence electrons. The van der Waals surface area contributed by atoms with Gasteiger partial charge in [0.05, 0.1) is 0 Å². The summed E-state index contributed by atoms with van der Waals surface area (Å²) in [5.74, 6) is 3.05. The summed E-state index contributed by atoms with van der Waals surface area (Å²) >= 11 is 2.14. The lowest BCUT2D eigenvalue weighted by molar-refractivity contribution is 0.0523. The highest BCUT2D eigenvalue weighted by molar-refractivity contribution is 14.2. The molecule has 0 bridgehead atoms.